The highest BCUT2D eigenvalue weighted by atomic mass is 32.1. The number of fused-ring (bicyclic) bond motifs is 2. The lowest BCUT2D eigenvalue weighted by Gasteiger charge is -2.33. The molecule has 0 heterocycles. The normalized spacial score (nSPS) is 46.8. The van der Waals surface area contributed by atoms with Gasteiger partial charge in [0.25, 0.3) is 0 Å². The lowest BCUT2D eigenvalue weighted by Crippen LogP contribution is -2.26. The summed E-state index contributed by atoms with van der Waals surface area (Å²) in [6.07, 6.45) is 3.95. The van der Waals surface area contributed by atoms with Gasteiger partial charge in [-0.05, 0) is 40.9 Å². The molecule has 2 bridgehead atoms. The molecule has 0 saturated heterocycles. The summed E-state index contributed by atoms with van der Waals surface area (Å²) in [7, 11) is 0. The molecule has 62 valence electrons. The van der Waals surface area contributed by atoms with Gasteiger partial charge in [0.05, 0.1) is 0 Å². The molecule has 0 aromatic carbocycles. The third kappa shape index (κ3) is 0.729. The average Bonchev–Trinajstić information content (AvgIpc) is 2.13. The topological polar surface area (TPSA) is 0 Å². The van der Waals surface area contributed by atoms with Gasteiger partial charge in [0.2, 0.25) is 0 Å². The molecule has 0 unspecified atom stereocenters. The summed E-state index contributed by atoms with van der Waals surface area (Å²) in [5, 5.41) is 0. The lowest BCUT2D eigenvalue weighted by atomic mass is 9.71. The summed E-state index contributed by atoms with van der Waals surface area (Å²) in [4.78, 5) is 1.35. The molecule has 0 spiro atoms. The fourth-order valence-corrected chi connectivity index (χ4v) is 3.68. The summed E-state index contributed by atoms with van der Waals surface area (Å²) >= 11 is 5.39. The molecule has 2 aliphatic rings. The molecule has 0 nitrogen and oxygen atoms in total. The fraction of sp³-hybridized carbons (Fsp3) is 0.900. The molecule has 2 saturated carbocycles. The summed E-state index contributed by atoms with van der Waals surface area (Å²) in [6, 6.07) is 0. The minimum absolute atomic E-state index is 0.490. The highest BCUT2D eigenvalue weighted by molar-refractivity contribution is 7.80. The van der Waals surface area contributed by atoms with Crippen molar-refractivity contribution < 1.29 is 0 Å². The average molecular weight is 168 g/mol. The summed E-state index contributed by atoms with van der Waals surface area (Å²) in [5.41, 5.74) is 1.03. The first-order valence-corrected chi connectivity index (χ1v) is 4.91. The van der Waals surface area contributed by atoms with E-state index in [9.17, 15) is 0 Å². The van der Waals surface area contributed by atoms with Gasteiger partial charge < -0.3 is 0 Å². The van der Waals surface area contributed by atoms with Crippen molar-refractivity contribution in [1.29, 1.82) is 0 Å². The summed E-state index contributed by atoms with van der Waals surface area (Å²) < 4.78 is 0. The molecule has 0 aromatic rings. The molecule has 11 heavy (non-hydrogen) atoms. The quantitative estimate of drug-likeness (QED) is 0.500. The second-order valence-corrected chi connectivity index (χ2v) is 5.54. The van der Waals surface area contributed by atoms with Crippen LogP contribution in [0.2, 0.25) is 0 Å². The van der Waals surface area contributed by atoms with E-state index in [1.54, 1.807) is 0 Å². The second-order valence-electron chi connectivity index (χ2n) is 5.02. The Hall–Kier alpha value is 0.0900. The first-order chi connectivity index (χ1) is 4.97. The molecular weight excluding hydrogens is 152 g/mol. The first kappa shape index (κ1) is 7.72. The van der Waals surface area contributed by atoms with Crippen molar-refractivity contribution in [2.75, 3.05) is 0 Å². The minimum atomic E-state index is 0.490. The van der Waals surface area contributed by atoms with Crippen LogP contribution in [0, 0.1) is 16.7 Å². The van der Waals surface area contributed by atoms with Gasteiger partial charge in [-0.3, -0.25) is 0 Å². The zero-order chi connectivity index (χ0) is 8.28. The lowest BCUT2D eigenvalue weighted by molar-refractivity contribution is 0.152. The zero-order valence-electron chi connectivity index (χ0n) is 7.61. The summed E-state index contributed by atoms with van der Waals surface area (Å²) in [5.74, 6) is 0.752. The van der Waals surface area contributed by atoms with Crippen LogP contribution in [0.3, 0.4) is 0 Å². The fourth-order valence-electron chi connectivity index (χ4n) is 2.95. The number of thiocarbonyl (C=S) groups is 1. The molecule has 2 fully saturated rings. The van der Waals surface area contributed by atoms with E-state index in [-0.39, 0.29) is 0 Å². The van der Waals surface area contributed by atoms with Gasteiger partial charge in [0.15, 0.2) is 0 Å². The van der Waals surface area contributed by atoms with E-state index in [2.05, 4.69) is 20.8 Å². The first-order valence-electron chi connectivity index (χ1n) is 4.50. The van der Waals surface area contributed by atoms with E-state index < -0.39 is 0 Å². The smallest absolute Gasteiger partial charge is 0.00294 e. The van der Waals surface area contributed by atoms with E-state index in [0.717, 1.165) is 5.92 Å². The Morgan fingerprint density at radius 1 is 1.36 bits per heavy atom. The van der Waals surface area contributed by atoms with Crippen molar-refractivity contribution in [3.05, 3.63) is 0 Å². The van der Waals surface area contributed by atoms with Gasteiger partial charge in [-0.2, -0.15) is 0 Å². The minimum Gasteiger partial charge on any atom is -0.0893 e. The maximum Gasteiger partial charge on any atom is -0.00294 e. The molecule has 1 heteroatoms. The Balaban J connectivity index is 2.45. The Bertz CT molecular complexity index is 214. The molecular formula is C10H16S. The van der Waals surface area contributed by atoms with Gasteiger partial charge in [-0.15, -0.1) is 0 Å². The van der Waals surface area contributed by atoms with Crippen LogP contribution >= 0.6 is 12.2 Å². The molecule has 0 aliphatic heterocycles. The maximum atomic E-state index is 5.39. The van der Waals surface area contributed by atoms with Gasteiger partial charge in [-0.25, -0.2) is 0 Å². The molecule has 0 N–H and O–H groups in total. The molecule has 0 amide bonds. The predicted molar refractivity (Wildman–Crippen MR) is 51.8 cm³/mol. The van der Waals surface area contributed by atoms with Gasteiger partial charge in [0.1, 0.15) is 0 Å². The van der Waals surface area contributed by atoms with Crippen molar-refractivity contribution in [1.82, 2.24) is 0 Å². The van der Waals surface area contributed by atoms with Gasteiger partial charge in [0, 0.05) is 0 Å². The van der Waals surface area contributed by atoms with E-state index in [1.807, 2.05) is 0 Å². The molecule has 0 aromatic heterocycles. The SMILES string of the molecule is CC1(C)[C@@H]2CC[C@]1(C)CC2=S. The highest BCUT2D eigenvalue weighted by Gasteiger charge is 2.58. The molecule has 2 atom stereocenters. The van der Waals surface area contributed by atoms with Gasteiger partial charge >= 0.3 is 0 Å². The van der Waals surface area contributed by atoms with E-state index in [4.69, 9.17) is 12.2 Å². The van der Waals surface area contributed by atoms with E-state index in [0.29, 0.717) is 10.8 Å². The van der Waals surface area contributed by atoms with Crippen LogP contribution in [0.1, 0.15) is 40.0 Å². The Morgan fingerprint density at radius 2 is 2.00 bits per heavy atom. The van der Waals surface area contributed by atoms with E-state index in [1.165, 1.54) is 24.1 Å². The maximum absolute atomic E-state index is 5.39. The Labute approximate surface area is 74.4 Å². The molecule has 0 radical (unpaired) electrons. The molecule has 2 aliphatic carbocycles. The van der Waals surface area contributed by atoms with Crippen LogP contribution in [-0.4, -0.2) is 4.86 Å². The zero-order valence-corrected chi connectivity index (χ0v) is 8.42. The van der Waals surface area contributed by atoms with Crippen molar-refractivity contribution in [3.63, 3.8) is 0 Å². The number of hydrogen-bond acceptors (Lipinski definition) is 1. The van der Waals surface area contributed by atoms with E-state index >= 15 is 0 Å². The Kier molecular flexibility index (Phi) is 1.32. The van der Waals surface area contributed by atoms with Crippen LogP contribution in [0.5, 0.6) is 0 Å². The highest BCUT2D eigenvalue weighted by Crippen LogP contribution is 2.64. The Morgan fingerprint density at radius 3 is 2.18 bits per heavy atom. The number of hydrogen-bond donors (Lipinski definition) is 0. The standard InChI is InChI=1S/C10H16S/c1-9(2)7-4-5-10(9,3)6-8(7)11/h7H,4-6H2,1-3H3/t7-,10-/m1/s1. The third-order valence-electron chi connectivity index (χ3n) is 4.36. The second kappa shape index (κ2) is 1.87. The van der Waals surface area contributed by atoms with Crippen molar-refractivity contribution in [2.24, 2.45) is 16.7 Å². The van der Waals surface area contributed by atoms with Crippen LogP contribution < -0.4 is 0 Å². The van der Waals surface area contributed by atoms with Crippen LogP contribution in [0.25, 0.3) is 0 Å². The number of rotatable bonds is 0. The third-order valence-corrected chi connectivity index (χ3v) is 4.79. The molecule has 2 rings (SSSR count). The largest absolute Gasteiger partial charge is 0.0893 e. The van der Waals surface area contributed by atoms with Gasteiger partial charge in [-0.1, -0.05) is 33.0 Å². The predicted octanol–water partition coefficient (Wildman–Crippen LogP) is 3.20. The van der Waals surface area contributed by atoms with Crippen molar-refractivity contribution in [3.8, 4) is 0 Å². The van der Waals surface area contributed by atoms with Crippen LogP contribution in [-0.2, 0) is 0 Å². The van der Waals surface area contributed by atoms with Crippen LogP contribution in [0.15, 0.2) is 0 Å². The van der Waals surface area contributed by atoms with Crippen molar-refractivity contribution >= 4 is 17.1 Å². The summed E-state index contributed by atoms with van der Waals surface area (Å²) in [6.45, 7) is 7.19. The van der Waals surface area contributed by atoms with Crippen molar-refractivity contribution in [2.45, 2.75) is 40.0 Å². The monoisotopic (exact) mass is 168 g/mol. The van der Waals surface area contributed by atoms with Crippen LogP contribution in [0.4, 0.5) is 0 Å².